The molecular weight excluding hydrogens is 380 g/mol. The molecule has 3 aromatic rings. The molecule has 4 rings (SSSR count). The van der Waals surface area contributed by atoms with Crippen LogP contribution in [-0.2, 0) is 27.4 Å². The summed E-state index contributed by atoms with van der Waals surface area (Å²) in [5.41, 5.74) is 1.76. The van der Waals surface area contributed by atoms with Crippen LogP contribution in [-0.4, -0.2) is 45.4 Å². The summed E-state index contributed by atoms with van der Waals surface area (Å²) < 4.78 is 10.6. The first-order chi connectivity index (χ1) is 13.7. The fourth-order valence-electron chi connectivity index (χ4n) is 2.82. The number of benzene rings is 1. The number of nitrogens with zero attached hydrogens (tertiary/aromatic N) is 5. The third-order valence-corrected chi connectivity index (χ3v) is 4.95. The Hall–Kier alpha value is -3.11. The Morgan fingerprint density at radius 3 is 3.04 bits per heavy atom. The van der Waals surface area contributed by atoms with Crippen LogP contribution in [0.3, 0.4) is 0 Å². The van der Waals surface area contributed by atoms with Gasteiger partial charge in [-0.3, -0.25) is 4.79 Å². The van der Waals surface area contributed by atoms with Gasteiger partial charge in [-0.05, 0) is 5.56 Å². The van der Waals surface area contributed by atoms with Crippen molar-refractivity contribution in [3.8, 4) is 0 Å². The number of aromatic nitrogens is 4. The largest absolute Gasteiger partial charge is 0.473 e. The van der Waals surface area contributed by atoms with Gasteiger partial charge in [0.2, 0.25) is 0 Å². The number of hydrogen-bond donors (Lipinski definition) is 1. The van der Waals surface area contributed by atoms with Crippen LogP contribution in [0.15, 0.2) is 46.9 Å². The lowest BCUT2D eigenvalue weighted by Crippen LogP contribution is -2.30. The van der Waals surface area contributed by atoms with Gasteiger partial charge in [0.1, 0.15) is 11.6 Å². The summed E-state index contributed by atoms with van der Waals surface area (Å²) in [6, 6.07) is 8.84. The van der Waals surface area contributed by atoms with Crippen LogP contribution in [0.25, 0.3) is 0 Å². The van der Waals surface area contributed by atoms with Gasteiger partial charge in [-0.1, -0.05) is 30.3 Å². The highest BCUT2D eigenvalue weighted by Crippen LogP contribution is 2.27. The van der Waals surface area contributed by atoms with Crippen LogP contribution in [0.1, 0.15) is 22.4 Å². The Bertz CT molecular complexity index is 971. The van der Waals surface area contributed by atoms with Gasteiger partial charge < -0.3 is 14.8 Å². The molecule has 10 heteroatoms. The summed E-state index contributed by atoms with van der Waals surface area (Å²) in [5.74, 6) is 0.0545. The van der Waals surface area contributed by atoms with Crippen molar-refractivity contribution in [3.63, 3.8) is 0 Å². The van der Waals surface area contributed by atoms with Crippen LogP contribution in [0, 0.1) is 0 Å². The highest BCUT2D eigenvalue weighted by Gasteiger charge is 2.34. The number of rotatable bonds is 7. The predicted octanol–water partition coefficient (Wildman–Crippen LogP) is 2.04. The van der Waals surface area contributed by atoms with Crippen LogP contribution in [0.2, 0.25) is 0 Å². The normalized spacial score (nSPS) is 18.2. The first kappa shape index (κ1) is 18.3. The monoisotopic (exact) mass is 398 g/mol. The van der Waals surface area contributed by atoms with Gasteiger partial charge in [-0.2, -0.15) is 9.90 Å². The summed E-state index contributed by atoms with van der Waals surface area (Å²) >= 11 is 1.51. The third-order valence-electron chi connectivity index (χ3n) is 4.07. The maximum absolute atomic E-state index is 12.6. The summed E-state index contributed by atoms with van der Waals surface area (Å²) in [6.45, 7) is 0.887. The quantitative estimate of drug-likeness (QED) is 0.653. The van der Waals surface area contributed by atoms with Crippen molar-refractivity contribution in [2.24, 2.45) is 4.99 Å². The third kappa shape index (κ3) is 4.07. The number of aliphatic imine (C=N–C) groups is 1. The molecule has 1 amide bonds. The van der Waals surface area contributed by atoms with E-state index >= 15 is 0 Å². The van der Waals surface area contributed by atoms with E-state index in [0.717, 1.165) is 16.3 Å². The Kier molecular flexibility index (Phi) is 5.40. The van der Waals surface area contributed by atoms with Crippen molar-refractivity contribution in [2.75, 3.05) is 12.4 Å². The van der Waals surface area contributed by atoms with Gasteiger partial charge >= 0.3 is 0 Å². The SMILES string of the molecule is COCc1csc(Cn2ncc(NC(=O)C3N=COC3c3ccccc3)n2)n1. The van der Waals surface area contributed by atoms with Gasteiger partial charge in [-0.25, -0.2) is 9.98 Å². The van der Waals surface area contributed by atoms with Crippen LogP contribution >= 0.6 is 11.3 Å². The zero-order valence-electron chi connectivity index (χ0n) is 15.1. The van der Waals surface area contributed by atoms with Crippen molar-refractivity contribution in [3.05, 3.63) is 58.2 Å². The Labute approximate surface area is 165 Å². The second-order valence-electron chi connectivity index (χ2n) is 6.08. The van der Waals surface area contributed by atoms with E-state index in [1.54, 1.807) is 7.11 Å². The Balaban J connectivity index is 1.39. The minimum absolute atomic E-state index is 0.300. The highest BCUT2D eigenvalue weighted by molar-refractivity contribution is 7.09. The van der Waals surface area contributed by atoms with E-state index in [1.165, 1.54) is 28.7 Å². The Morgan fingerprint density at radius 2 is 2.21 bits per heavy atom. The number of amides is 1. The van der Waals surface area contributed by atoms with E-state index < -0.39 is 12.1 Å². The molecule has 0 spiro atoms. The van der Waals surface area contributed by atoms with Gasteiger partial charge in [-0.15, -0.1) is 16.4 Å². The second kappa shape index (κ2) is 8.28. The second-order valence-corrected chi connectivity index (χ2v) is 7.02. The van der Waals surface area contributed by atoms with Crippen molar-refractivity contribution < 1.29 is 14.3 Å². The van der Waals surface area contributed by atoms with E-state index in [4.69, 9.17) is 9.47 Å². The molecule has 0 fully saturated rings. The number of carbonyl (C=O) groups is 1. The number of carbonyl (C=O) groups excluding carboxylic acids is 1. The topological polar surface area (TPSA) is 104 Å². The van der Waals surface area contributed by atoms with Crippen LogP contribution in [0.4, 0.5) is 5.82 Å². The van der Waals surface area contributed by atoms with E-state index in [0.29, 0.717) is 19.0 Å². The van der Waals surface area contributed by atoms with Crippen molar-refractivity contribution in [2.45, 2.75) is 25.3 Å². The average Bonchev–Trinajstić information content (AvgIpc) is 3.45. The highest BCUT2D eigenvalue weighted by atomic mass is 32.1. The molecule has 0 bridgehead atoms. The molecule has 28 heavy (non-hydrogen) atoms. The number of hydrogen-bond acceptors (Lipinski definition) is 8. The standard InChI is InChI=1S/C18H18N6O3S/c1-26-9-13-10-28-15(21-13)8-24-20-7-14(23-24)22-18(25)16-17(27-11-19-16)12-5-3-2-4-6-12/h2-7,10-11,16-17H,8-9H2,1H3,(H,22,23,25). The molecular formula is C18H18N6O3S. The lowest BCUT2D eigenvalue weighted by Gasteiger charge is -2.16. The van der Waals surface area contributed by atoms with Crippen molar-refractivity contribution in [1.82, 2.24) is 20.0 Å². The molecule has 0 aliphatic carbocycles. The minimum atomic E-state index is -0.678. The molecule has 0 saturated carbocycles. The molecule has 144 valence electrons. The zero-order chi connectivity index (χ0) is 19.3. The fraction of sp³-hybridized carbons (Fsp3) is 0.278. The summed E-state index contributed by atoms with van der Waals surface area (Å²) in [4.78, 5) is 22.7. The number of nitrogens with one attached hydrogen (secondary N) is 1. The van der Waals surface area contributed by atoms with Crippen LogP contribution in [0.5, 0.6) is 0 Å². The lowest BCUT2D eigenvalue weighted by atomic mass is 10.0. The number of ether oxygens (including phenoxy) is 2. The van der Waals surface area contributed by atoms with Crippen molar-refractivity contribution >= 4 is 29.5 Å². The van der Waals surface area contributed by atoms with Crippen LogP contribution < -0.4 is 5.32 Å². The molecule has 0 saturated heterocycles. The van der Waals surface area contributed by atoms with Crippen molar-refractivity contribution in [1.29, 1.82) is 0 Å². The van der Waals surface area contributed by atoms with E-state index in [1.807, 2.05) is 35.7 Å². The molecule has 1 aliphatic heterocycles. The first-order valence-corrected chi connectivity index (χ1v) is 9.46. The van der Waals surface area contributed by atoms with Gasteiger partial charge in [0.25, 0.3) is 5.91 Å². The van der Waals surface area contributed by atoms with Gasteiger partial charge in [0.15, 0.2) is 24.4 Å². The summed E-state index contributed by atoms with van der Waals surface area (Å²) in [7, 11) is 1.63. The average molecular weight is 398 g/mol. The van der Waals surface area contributed by atoms with E-state index in [-0.39, 0.29) is 5.91 Å². The predicted molar refractivity (Wildman–Crippen MR) is 103 cm³/mol. The van der Waals surface area contributed by atoms with E-state index in [2.05, 4.69) is 25.5 Å². The Morgan fingerprint density at radius 1 is 1.36 bits per heavy atom. The fourth-order valence-corrected chi connectivity index (χ4v) is 3.57. The smallest absolute Gasteiger partial charge is 0.254 e. The molecule has 3 heterocycles. The molecule has 2 atom stereocenters. The molecule has 1 aromatic carbocycles. The maximum atomic E-state index is 12.6. The maximum Gasteiger partial charge on any atom is 0.254 e. The molecule has 1 N–H and O–H groups in total. The van der Waals surface area contributed by atoms with E-state index in [9.17, 15) is 4.79 Å². The number of anilines is 1. The number of methoxy groups -OCH3 is 1. The lowest BCUT2D eigenvalue weighted by molar-refractivity contribution is -0.118. The molecule has 1 aliphatic rings. The number of thiazole rings is 1. The minimum Gasteiger partial charge on any atom is -0.473 e. The van der Waals surface area contributed by atoms with Gasteiger partial charge in [0.05, 0.1) is 18.5 Å². The first-order valence-electron chi connectivity index (χ1n) is 8.58. The molecule has 2 unspecified atom stereocenters. The zero-order valence-corrected chi connectivity index (χ0v) is 15.9. The summed E-state index contributed by atoms with van der Waals surface area (Å²) in [6.07, 6.45) is 2.36. The molecule has 9 nitrogen and oxygen atoms in total. The molecule has 0 radical (unpaired) electrons. The summed E-state index contributed by atoms with van der Waals surface area (Å²) in [5, 5.41) is 14.0. The molecule has 2 aromatic heterocycles. The van der Waals surface area contributed by atoms with Gasteiger partial charge in [0, 0.05) is 12.5 Å².